The van der Waals surface area contributed by atoms with Crippen molar-refractivity contribution in [2.75, 3.05) is 11.5 Å². The zero-order valence-electron chi connectivity index (χ0n) is 15.1. The van der Waals surface area contributed by atoms with E-state index in [2.05, 4.69) is 19.4 Å². The largest absolute Gasteiger partial charge is 0.443 e. The van der Waals surface area contributed by atoms with E-state index in [1.54, 1.807) is 0 Å². The molecular weight excluding hydrogens is 340 g/mol. The van der Waals surface area contributed by atoms with Gasteiger partial charge in [0, 0.05) is 13.1 Å². The zero-order valence-corrected chi connectivity index (χ0v) is 15.1. The van der Waals surface area contributed by atoms with Gasteiger partial charge in [0.1, 0.15) is 0 Å². The van der Waals surface area contributed by atoms with Gasteiger partial charge in [0.2, 0.25) is 11.9 Å². The lowest BCUT2D eigenvalue weighted by atomic mass is 10.1. The van der Waals surface area contributed by atoms with Crippen LogP contribution in [0, 0.1) is 0 Å². The third-order valence-electron chi connectivity index (χ3n) is 4.44. The molecule has 10 nitrogen and oxygen atoms in total. The van der Waals surface area contributed by atoms with Gasteiger partial charge >= 0.3 is 11.5 Å². The predicted molar refractivity (Wildman–Crippen MR) is 96.5 cm³/mol. The van der Waals surface area contributed by atoms with E-state index < -0.39 is 11.5 Å². The van der Waals surface area contributed by atoms with E-state index in [4.69, 9.17) is 11.5 Å². The number of nitrogens with zero attached hydrogens (tertiary/aromatic N) is 4. The number of anilines is 2. The monoisotopic (exact) mass is 368 g/mol. The Morgan fingerprint density at radius 1 is 0.615 bits per heavy atom. The number of unbranched alkanes of at least 4 members (excludes halogenated alkanes) is 9. The Morgan fingerprint density at radius 2 is 0.923 bits per heavy atom. The molecule has 0 saturated carbocycles. The Balaban J connectivity index is 1.39. The summed E-state index contributed by atoms with van der Waals surface area (Å²) in [5.41, 5.74) is 11.1. The number of rotatable bonds is 13. The van der Waals surface area contributed by atoms with Crippen molar-refractivity contribution >= 4 is 11.9 Å². The maximum atomic E-state index is 11.3. The fourth-order valence-electron chi connectivity index (χ4n) is 2.92. The Kier molecular flexibility index (Phi) is 7.97. The summed E-state index contributed by atoms with van der Waals surface area (Å²) in [6.45, 7) is 1.13. The maximum Gasteiger partial charge on any atom is 0.443 e. The normalized spacial score (nSPS) is 11.2. The standard InChI is InChI=1S/C16H28N6O4/c17-13-19-25-15(23)21(13)11-9-7-5-3-1-2-4-6-8-10-12-22-14(18)20-26-16(22)24/h1-12H2,(H2,17,19)(H2,18,20). The smallest absolute Gasteiger partial charge is 0.367 e. The summed E-state index contributed by atoms with van der Waals surface area (Å²) >= 11 is 0. The van der Waals surface area contributed by atoms with Gasteiger partial charge in [-0.2, -0.15) is 0 Å². The molecular formula is C16H28N6O4. The van der Waals surface area contributed by atoms with Crippen molar-refractivity contribution in [2.45, 2.75) is 77.3 Å². The van der Waals surface area contributed by atoms with Crippen LogP contribution in [0.1, 0.15) is 64.2 Å². The fourth-order valence-corrected chi connectivity index (χ4v) is 2.92. The quantitative estimate of drug-likeness (QED) is 0.508. The summed E-state index contributed by atoms with van der Waals surface area (Å²) in [7, 11) is 0. The summed E-state index contributed by atoms with van der Waals surface area (Å²) in [6, 6.07) is 0. The van der Waals surface area contributed by atoms with Crippen molar-refractivity contribution in [3.05, 3.63) is 21.1 Å². The second-order valence-corrected chi connectivity index (χ2v) is 6.45. The molecule has 0 atom stereocenters. The fraction of sp³-hybridized carbons (Fsp3) is 0.750. The lowest BCUT2D eigenvalue weighted by Crippen LogP contribution is -2.16. The minimum absolute atomic E-state index is 0.145. The first-order chi connectivity index (χ1) is 12.6. The average Bonchev–Trinajstić information content (AvgIpc) is 3.11. The van der Waals surface area contributed by atoms with Gasteiger partial charge in [-0.1, -0.05) is 51.4 Å². The first-order valence-corrected chi connectivity index (χ1v) is 9.23. The van der Waals surface area contributed by atoms with Crippen molar-refractivity contribution in [1.82, 2.24) is 19.4 Å². The van der Waals surface area contributed by atoms with Crippen molar-refractivity contribution in [1.29, 1.82) is 0 Å². The summed E-state index contributed by atoms with van der Waals surface area (Å²) in [5.74, 6) is -0.684. The van der Waals surface area contributed by atoms with Crippen LogP contribution < -0.4 is 23.0 Å². The van der Waals surface area contributed by atoms with Gasteiger partial charge < -0.3 is 11.5 Å². The molecule has 4 N–H and O–H groups in total. The Bertz CT molecular complexity index is 695. The molecule has 0 fully saturated rings. The Labute approximate surface area is 151 Å². The maximum absolute atomic E-state index is 11.3. The molecule has 0 radical (unpaired) electrons. The molecule has 0 spiro atoms. The lowest BCUT2D eigenvalue weighted by Gasteiger charge is -2.04. The van der Waals surface area contributed by atoms with E-state index in [1.807, 2.05) is 0 Å². The highest BCUT2D eigenvalue weighted by Crippen LogP contribution is 2.11. The topological polar surface area (TPSA) is 148 Å². The molecule has 0 aliphatic heterocycles. The second kappa shape index (κ2) is 10.5. The van der Waals surface area contributed by atoms with E-state index in [0.29, 0.717) is 13.1 Å². The van der Waals surface area contributed by atoms with E-state index in [0.717, 1.165) is 38.5 Å². The van der Waals surface area contributed by atoms with Crippen LogP contribution in [0.15, 0.2) is 18.6 Å². The SMILES string of the molecule is Nc1noc(=O)n1CCCCCCCCCCCCn1c(N)noc1=O. The third-order valence-corrected chi connectivity index (χ3v) is 4.44. The van der Waals surface area contributed by atoms with Gasteiger partial charge in [0.05, 0.1) is 0 Å². The molecule has 10 heteroatoms. The van der Waals surface area contributed by atoms with Crippen LogP contribution in [-0.4, -0.2) is 19.4 Å². The van der Waals surface area contributed by atoms with Crippen LogP contribution >= 0.6 is 0 Å². The van der Waals surface area contributed by atoms with Crippen LogP contribution in [0.4, 0.5) is 11.9 Å². The van der Waals surface area contributed by atoms with E-state index in [9.17, 15) is 9.59 Å². The highest BCUT2D eigenvalue weighted by Gasteiger charge is 2.06. The number of hydrogen-bond donors (Lipinski definition) is 2. The molecule has 146 valence electrons. The highest BCUT2D eigenvalue weighted by molar-refractivity contribution is 5.11. The van der Waals surface area contributed by atoms with Gasteiger partial charge in [-0.15, -0.1) is 0 Å². The van der Waals surface area contributed by atoms with Crippen LogP contribution in [0.5, 0.6) is 0 Å². The first-order valence-electron chi connectivity index (χ1n) is 9.23. The van der Waals surface area contributed by atoms with Gasteiger partial charge in [-0.3, -0.25) is 9.05 Å². The summed E-state index contributed by atoms with van der Waals surface area (Å²) < 4.78 is 11.7. The Morgan fingerprint density at radius 3 is 1.19 bits per heavy atom. The van der Waals surface area contributed by atoms with Crippen molar-refractivity contribution in [3.8, 4) is 0 Å². The van der Waals surface area contributed by atoms with Crippen LogP contribution in [-0.2, 0) is 13.1 Å². The molecule has 0 amide bonds. The van der Waals surface area contributed by atoms with Gasteiger partial charge in [0.25, 0.3) is 0 Å². The van der Waals surface area contributed by atoms with E-state index >= 15 is 0 Å². The van der Waals surface area contributed by atoms with Crippen molar-refractivity contribution in [3.63, 3.8) is 0 Å². The van der Waals surface area contributed by atoms with Gasteiger partial charge in [0.15, 0.2) is 0 Å². The summed E-state index contributed by atoms with van der Waals surface area (Å²) in [4.78, 5) is 22.6. The molecule has 2 aromatic rings. The Hall–Kier alpha value is -2.52. The van der Waals surface area contributed by atoms with Crippen LogP contribution in [0.3, 0.4) is 0 Å². The minimum atomic E-state index is -0.487. The molecule has 2 rings (SSSR count). The highest BCUT2D eigenvalue weighted by atomic mass is 16.5. The number of hydrogen-bond acceptors (Lipinski definition) is 8. The molecule has 0 saturated heterocycles. The second-order valence-electron chi connectivity index (χ2n) is 6.45. The molecule has 0 aliphatic rings. The first kappa shape index (κ1) is 19.8. The minimum Gasteiger partial charge on any atom is -0.367 e. The van der Waals surface area contributed by atoms with E-state index in [1.165, 1.54) is 34.8 Å². The van der Waals surface area contributed by atoms with Crippen molar-refractivity contribution < 1.29 is 9.05 Å². The molecule has 0 aromatic carbocycles. The molecule has 0 unspecified atom stereocenters. The molecule has 26 heavy (non-hydrogen) atoms. The molecule has 0 bridgehead atoms. The van der Waals surface area contributed by atoms with Gasteiger partial charge in [-0.05, 0) is 23.2 Å². The summed E-state index contributed by atoms with van der Waals surface area (Å²) in [5, 5.41) is 6.86. The number of nitrogen functional groups attached to an aromatic ring is 2. The van der Waals surface area contributed by atoms with Crippen LogP contribution in [0.25, 0.3) is 0 Å². The average molecular weight is 368 g/mol. The van der Waals surface area contributed by atoms with Gasteiger partial charge in [-0.25, -0.2) is 18.7 Å². The third kappa shape index (κ3) is 6.08. The summed E-state index contributed by atoms with van der Waals surface area (Å²) in [6.07, 6.45) is 11.0. The molecule has 2 heterocycles. The number of aromatic nitrogens is 4. The van der Waals surface area contributed by atoms with Crippen molar-refractivity contribution in [2.24, 2.45) is 0 Å². The number of nitrogens with two attached hydrogens (primary N) is 2. The van der Waals surface area contributed by atoms with Crippen LogP contribution in [0.2, 0.25) is 0 Å². The predicted octanol–water partition coefficient (Wildman–Crippen LogP) is 1.75. The molecule has 0 aliphatic carbocycles. The van der Waals surface area contributed by atoms with E-state index in [-0.39, 0.29) is 11.9 Å². The lowest BCUT2D eigenvalue weighted by molar-refractivity contribution is 0.373. The zero-order chi connectivity index (χ0) is 18.8. The molecule has 2 aromatic heterocycles.